The molecule has 190 valence electrons. The number of halogens is 1. The molecule has 36 heavy (non-hydrogen) atoms. The van der Waals surface area contributed by atoms with E-state index in [1.807, 2.05) is 74.5 Å². The monoisotopic (exact) mass is 490 g/mol. The van der Waals surface area contributed by atoms with Gasteiger partial charge in [0.2, 0.25) is 11.8 Å². The standard InChI is InChI=1S/C30H35FN2O3/c1-3-23(2)32-30(35)28(21-24-11-6-4-7-12-24)33(22-25-16-18-26(31)19-17-25)29(34)15-10-20-36-27-13-8-5-9-14-27/h4-9,11-14,16-19,23,28H,3,10,15,20-22H2,1-2H3,(H,32,35)/t23-,28-/m1/s1. The highest BCUT2D eigenvalue weighted by Gasteiger charge is 2.30. The van der Waals surface area contributed by atoms with Crippen molar-refractivity contribution in [1.82, 2.24) is 10.2 Å². The number of nitrogens with one attached hydrogen (secondary N) is 1. The van der Waals surface area contributed by atoms with E-state index in [1.54, 1.807) is 17.0 Å². The molecule has 0 spiro atoms. The van der Waals surface area contributed by atoms with Gasteiger partial charge in [-0.1, -0.05) is 67.6 Å². The third-order valence-electron chi connectivity index (χ3n) is 6.09. The summed E-state index contributed by atoms with van der Waals surface area (Å²) in [5, 5.41) is 3.05. The largest absolute Gasteiger partial charge is 0.494 e. The van der Waals surface area contributed by atoms with Crippen molar-refractivity contribution in [2.75, 3.05) is 6.61 Å². The molecule has 0 aliphatic rings. The van der Waals surface area contributed by atoms with E-state index in [-0.39, 0.29) is 36.6 Å². The molecule has 1 N–H and O–H groups in total. The minimum atomic E-state index is -0.700. The zero-order valence-corrected chi connectivity index (χ0v) is 21.0. The summed E-state index contributed by atoms with van der Waals surface area (Å²) in [6, 6.07) is 24.5. The van der Waals surface area contributed by atoms with E-state index in [2.05, 4.69) is 5.32 Å². The average Bonchev–Trinajstić information content (AvgIpc) is 2.90. The fraction of sp³-hybridized carbons (Fsp3) is 0.333. The Balaban J connectivity index is 1.80. The van der Waals surface area contributed by atoms with E-state index in [1.165, 1.54) is 12.1 Å². The molecule has 5 nitrogen and oxygen atoms in total. The molecule has 2 atom stereocenters. The highest BCUT2D eigenvalue weighted by molar-refractivity contribution is 5.88. The van der Waals surface area contributed by atoms with Gasteiger partial charge in [0.1, 0.15) is 17.6 Å². The van der Waals surface area contributed by atoms with Gasteiger partial charge in [0, 0.05) is 25.4 Å². The normalized spacial score (nSPS) is 12.4. The van der Waals surface area contributed by atoms with Gasteiger partial charge in [-0.25, -0.2) is 4.39 Å². The third-order valence-corrected chi connectivity index (χ3v) is 6.09. The highest BCUT2D eigenvalue weighted by atomic mass is 19.1. The Hall–Kier alpha value is -3.67. The summed E-state index contributed by atoms with van der Waals surface area (Å²) in [6.07, 6.45) is 1.91. The number of ether oxygens (including phenoxy) is 1. The number of hydrogen-bond acceptors (Lipinski definition) is 3. The highest BCUT2D eigenvalue weighted by Crippen LogP contribution is 2.18. The maximum atomic E-state index is 13.5. The molecule has 6 heteroatoms. The minimum Gasteiger partial charge on any atom is -0.494 e. The van der Waals surface area contributed by atoms with Crippen molar-refractivity contribution in [3.8, 4) is 5.75 Å². The van der Waals surface area contributed by atoms with Crippen LogP contribution in [0.15, 0.2) is 84.9 Å². The zero-order valence-electron chi connectivity index (χ0n) is 21.0. The molecule has 0 aliphatic carbocycles. The lowest BCUT2D eigenvalue weighted by molar-refractivity contribution is -0.141. The lowest BCUT2D eigenvalue weighted by Crippen LogP contribution is -2.52. The number of rotatable bonds is 13. The Bertz CT molecular complexity index is 1070. The summed E-state index contributed by atoms with van der Waals surface area (Å²) in [5.74, 6) is 0.0773. The molecule has 0 saturated carbocycles. The van der Waals surface area contributed by atoms with Gasteiger partial charge in [-0.2, -0.15) is 0 Å². The number of amides is 2. The first-order valence-corrected chi connectivity index (χ1v) is 12.5. The molecule has 0 unspecified atom stereocenters. The van der Waals surface area contributed by atoms with Crippen LogP contribution < -0.4 is 10.1 Å². The molecule has 0 aliphatic heterocycles. The molecule has 2 amide bonds. The predicted molar refractivity (Wildman–Crippen MR) is 140 cm³/mol. The van der Waals surface area contributed by atoms with Gasteiger partial charge in [0.25, 0.3) is 0 Å². The summed E-state index contributed by atoms with van der Waals surface area (Å²) >= 11 is 0. The number of hydrogen-bond donors (Lipinski definition) is 1. The zero-order chi connectivity index (χ0) is 25.8. The van der Waals surface area contributed by atoms with Gasteiger partial charge in [0.15, 0.2) is 0 Å². The number of para-hydroxylation sites is 1. The number of carbonyl (C=O) groups excluding carboxylic acids is 2. The molecular formula is C30H35FN2O3. The van der Waals surface area contributed by atoms with E-state index in [4.69, 9.17) is 4.74 Å². The summed E-state index contributed by atoms with van der Waals surface area (Å²) in [7, 11) is 0. The molecule has 0 heterocycles. The Morgan fingerprint density at radius 2 is 1.56 bits per heavy atom. The second kappa shape index (κ2) is 14.0. The molecule has 0 bridgehead atoms. The summed E-state index contributed by atoms with van der Waals surface area (Å²) in [4.78, 5) is 28.6. The average molecular weight is 491 g/mol. The van der Waals surface area contributed by atoms with Crippen molar-refractivity contribution in [2.45, 2.75) is 58.2 Å². The first kappa shape index (κ1) is 26.9. The van der Waals surface area contributed by atoms with E-state index < -0.39 is 6.04 Å². The van der Waals surface area contributed by atoms with Crippen LogP contribution in [0.3, 0.4) is 0 Å². The van der Waals surface area contributed by atoms with Gasteiger partial charge < -0.3 is 15.0 Å². The van der Waals surface area contributed by atoms with Crippen LogP contribution in [-0.2, 0) is 22.6 Å². The van der Waals surface area contributed by atoms with Crippen molar-refractivity contribution in [1.29, 1.82) is 0 Å². The van der Waals surface area contributed by atoms with Crippen LogP contribution >= 0.6 is 0 Å². The van der Waals surface area contributed by atoms with Crippen molar-refractivity contribution in [2.24, 2.45) is 0 Å². The SMILES string of the molecule is CC[C@@H](C)NC(=O)[C@@H](Cc1ccccc1)N(Cc1ccc(F)cc1)C(=O)CCCOc1ccccc1. The van der Waals surface area contributed by atoms with Gasteiger partial charge in [-0.3, -0.25) is 9.59 Å². The van der Waals surface area contributed by atoms with Gasteiger partial charge in [-0.15, -0.1) is 0 Å². The molecule has 0 fully saturated rings. The van der Waals surface area contributed by atoms with Crippen LogP contribution in [0.5, 0.6) is 5.75 Å². The molecule has 3 aromatic carbocycles. The van der Waals surface area contributed by atoms with E-state index in [9.17, 15) is 14.0 Å². The van der Waals surface area contributed by atoms with Crippen LogP contribution in [0.4, 0.5) is 4.39 Å². The third kappa shape index (κ3) is 8.52. The van der Waals surface area contributed by atoms with Crippen LogP contribution in [0.2, 0.25) is 0 Å². The second-order valence-electron chi connectivity index (χ2n) is 8.94. The van der Waals surface area contributed by atoms with Gasteiger partial charge >= 0.3 is 0 Å². The minimum absolute atomic E-state index is 0.0159. The van der Waals surface area contributed by atoms with E-state index in [0.717, 1.165) is 23.3 Å². The quantitative estimate of drug-likeness (QED) is 0.320. The first-order valence-electron chi connectivity index (χ1n) is 12.5. The Labute approximate surface area is 213 Å². The van der Waals surface area contributed by atoms with Crippen molar-refractivity contribution in [3.05, 3.63) is 102 Å². The number of benzene rings is 3. The fourth-order valence-electron chi connectivity index (χ4n) is 3.86. The predicted octanol–water partition coefficient (Wildman–Crippen LogP) is 5.54. The Morgan fingerprint density at radius 3 is 2.19 bits per heavy atom. The smallest absolute Gasteiger partial charge is 0.243 e. The van der Waals surface area contributed by atoms with Crippen LogP contribution in [-0.4, -0.2) is 35.4 Å². The maximum absolute atomic E-state index is 13.5. The molecule has 3 rings (SSSR count). The van der Waals surface area contributed by atoms with Crippen molar-refractivity contribution >= 4 is 11.8 Å². The Morgan fingerprint density at radius 1 is 0.917 bits per heavy atom. The van der Waals surface area contributed by atoms with Crippen LogP contribution in [0.25, 0.3) is 0 Å². The second-order valence-corrected chi connectivity index (χ2v) is 8.94. The summed E-state index contributed by atoms with van der Waals surface area (Å²) in [5.41, 5.74) is 1.73. The lowest BCUT2D eigenvalue weighted by atomic mass is 10.0. The topological polar surface area (TPSA) is 58.6 Å². The van der Waals surface area contributed by atoms with Gasteiger partial charge in [0.05, 0.1) is 6.61 Å². The maximum Gasteiger partial charge on any atom is 0.243 e. The first-order chi connectivity index (χ1) is 17.5. The fourth-order valence-corrected chi connectivity index (χ4v) is 3.86. The van der Waals surface area contributed by atoms with Crippen molar-refractivity contribution in [3.63, 3.8) is 0 Å². The molecular weight excluding hydrogens is 455 g/mol. The molecule has 0 radical (unpaired) electrons. The lowest BCUT2D eigenvalue weighted by Gasteiger charge is -2.32. The molecule has 0 saturated heterocycles. The molecule has 3 aromatic rings. The summed E-state index contributed by atoms with van der Waals surface area (Å²) < 4.78 is 19.3. The number of carbonyl (C=O) groups is 2. The van der Waals surface area contributed by atoms with E-state index in [0.29, 0.717) is 19.4 Å². The molecule has 0 aromatic heterocycles. The Kier molecular flexibility index (Phi) is 10.5. The van der Waals surface area contributed by atoms with Gasteiger partial charge in [-0.05, 0) is 55.2 Å². The number of nitrogens with zero attached hydrogens (tertiary/aromatic N) is 1. The van der Waals surface area contributed by atoms with E-state index >= 15 is 0 Å². The summed E-state index contributed by atoms with van der Waals surface area (Å²) in [6.45, 7) is 4.56. The van der Waals surface area contributed by atoms with Crippen LogP contribution in [0.1, 0.15) is 44.2 Å². The van der Waals surface area contributed by atoms with Crippen LogP contribution in [0, 0.1) is 5.82 Å². The van der Waals surface area contributed by atoms with Crippen molar-refractivity contribution < 1.29 is 18.7 Å².